The smallest absolute Gasteiger partial charge is 0.0538 e. The van der Waals surface area contributed by atoms with Crippen LogP contribution < -0.4 is 5.73 Å². The van der Waals surface area contributed by atoms with E-state index >= 15 is 0 Å². The molecule has 0 spiro atoms. The monoisotopic (exact) mass is 211 g/mol. The van der Waals surface area contributed by atoms with Gasteiger partial charge in [0.25, 0.3) is 0 Å². The normalized spacial score (nSPS) is 15.6. The van der Waals surface area contributed by atoms with Crippen molar-refractivity contribution in [3.63, 3.8) is 0 Å². The Hall–Kier alpha value is -0.870. The Balaban J connectivity index is 2.83. The van der Waals surface area contributed by atoms with Gasteiger partial charge in [0.1, 0.15) is 0 Å². The lowest BCUT2D eigenvalue weighted by molar-refractivity contribution is 0.210. The average Bonchev–Trinajstić information content (AvgIpc) is 2.64. The van der Waals surface area contributed by atoms with Crippen molar-refractivity contribution in [2.24, 2.45) is 11.7 Å². The highest BCUT2D eigenvalue weighted by Crippen LogP contribution is 2.21. The van der Waals surface area contributed by atoms with E-state index in [1.807, 2.05) is 17.8 Å². The fraction of sp³-hybridized carbons (Fsp3) is 0.727. The molecule has 0 radical (unpaired) electrons. The van der Waals surface area contributed by atoms with Crippen LogP contribution in [0, 0.1) is 5.92 Å². The van der Waals surface area contributed by atoms with Gasteiger partial charge in [-0.3, -0.25) is 4.68 Å². The van der Waals surface area contributed by atoms with Crippen molar-refractivity contribution in [2.75, 3.05) is 13.2 Å². The predicted octanol–water partition coefficient (Wildman–Crippen LogP) is 0.748. The zero-order chi connectivity index (χ0) is 11.5. The van der Waals surface area contributed by atoms with Crippen LogP contribution in [0.3, 0.4) is 0 Å². The maximum absolute atomic E-state index is 9.31. The van der Waals surface area contributed by atoms with Crippen LogP contribution in [0.5, 0.6) is 0 Å². The number of aliphatic hydroxyl groups excluding tert-OH is 1. The van der Waals surface area contributed by atoms with Crippen molar-refractivity contribution in [1.82, 2.24) is 9.78 Å². The molecule has 1 heterocycles. The van der Waals surface area contributed by atoms with E-state index in [1.165, 1.54) is 0 Å². The third kappa shape index (κ3) is 2.79. The van der Waals surface area contributed by atoms with Crippen LogP contribution in [0.1, 0.15) is 26.3 Å². The lowest BCUT2D eigenvalue weighted by Gasteiger charge is -2.23. The topological polar surface area (TPSA) is 64.1 Å². The van der Waals surface area contributed by atoms with Crippen LogP contribution in [0.25, 0.3) is 0 Å². The van der Waals surface area contributed by atoms with Crippen LogP contribution in [0.2, 0.25) is 0 Å². The van der Waals surface area contributed by atoms with Crippen LogP contribution in [-0.4, -0.2) is 28.0 Å². The van der Waals surface area contributed by atoms with Crippen LogP contribution in [-0.2, 0) is 12.0 Å². The van der Waals surface area contributed by atoms with Gasteiger partial charge < -0.3 is 10.8 Å². The Morgan fingerprint density at radius 2 is 2.27 bits per heavy atom. The lowest BCUT2D eigenvalue weighted by atomic mass is 9.86. The summed E-state index contributed by atoms with van der Waals surface area (Å²) in [6.45, 7) is 7.62. The quantitative estimate of drug-likeness (QED) is 0.755. The first-order chi connectivity index (χ1) is 7.01. The van der Waals surface area contributed by atoms with Crippen LogP contribution in [0.15, 0.2) is 12.4 Å². The van der Waals surface area contributed by atoms with E-state index in [9.17, 15) is 5.11 Å². The molecule has 1 rings (SSSR count). The molecule has 0 amide bonds. The molecular formula is C11H21N3O. The summed E-state index contributed by atoms with van der Waals surface area (Å²) in [7, 11) is 0. The van der Waals surface area contributed by atoms with E-state index < -0.39 is 0 Å². The number of hydrogen-bond donors (Lipinski definition) is 2. The molecule has 0 aliphatic rings. The second kappa shape index (κ2) is 4.77. The van der Waals surface area contributed by atoms with Gasteiger partial charge >= 0.3 is 0 Å². The Bertz CT molecular complexity index is 303. The minimum Gasteiger partial charge on any atom is -0.395 e. The van der Waals surface area contributed by atoms with Crippen LogP contribution >= 0.6 is 0 Å². The summed E-state index contributed by atoms with van der Waals surface area (Å²) in [4.78, 5) is 0. The Kier molecular flexibility index (Phi) is 3.88. The summed E-state index contributed by atoms with van der Waals surface area (Å²) in [5.74, 6) is 0.566. The van der Waals surface area contributed by atoms with Crippen molar-refractivity contribution < 1.29 is 5.11 Å². The molecule has 0 bridgehead atoms. The number of hydrogen-bond acceptors (Lipinski definition) is 3. The Labute approximate surface area is 91.1 Å². The molecule has 4 nitrogen and oxygen atoms in total. The molecule has 86 valence electrons. The van der Waals surface area contributed by atoms with Crippen molar-refractivity contribution in [3.05, 3.63) is 18.0 Å². The molecular weight excluding hydrogens is 190 g/mol. The number of nitrogens with zero attached hydrogens (tertiary/aromatic N) is 2. The third-order valence-electron chi connectivity index (χ3n) is 2.68. The van der Waals surface area contributed by atoms with E-state index in [-0.39, 0.29) is 12.0 Å². The first kappa shape index (κ1) is 12.2. The van der Waals surface area contributed by atoms with Crippen LogP contribution in [0.4, 0.5) is 0 Å². The van der Waals surface area contributed by atoms with Gasteiger partial charge in [-0.05, 0) is 11.5 Å². The molecule has 15 heavy (non-hydrogen) atoms. The van der Waals surface area contributed by atoms with Gasteiger partial charge in [-0.25, -0.2) is 0 Å². The highest BCUT2D eigenvalue weighted by atomic mass is 16.3. The minimum atomic E-state index is -0.366. The lowest BCUT2D eigenvalue weighted by Crippen LogP contribution is -2.35. The molecule has 4 heteroatoms. The van der Waals surface area contributed by atoms with Gasteiger partial charge in [-0.15, -0.1) is 0 Å². The van der Waals surface area contributed by atoms with Crippen molar-refractivity contribution in [1.29, 1.82) is 0 Å². The highest BCUT2D eigenvalue weighted by Gasteiger charge is 2.25. The Morgan fingerprint density at radius 1 is 1.60 bits per heavy atom. The number of nitrogens with two attached hydrogens (primary N) is 1. The first-order valence-electron chi connectivity index (χ1n) is 5.35. The summed E-state index contributed by atoms with van der Waals surface area (Å²) in [5.41, 5.74) is 6.30. The van der Waals surface area contributed by atoms with E-state index in [0.29, 0.717) is 12.5 Å². The zero-order valence-electron chi connectivity index (χ0n) is 9.77. The Morgan fingerprint density at radius 3 is 2.73 bits per heavy atom. The summed E-state index contributed by atoms with van der Waals surface area (Å²) >= 11 is 0. The molecule has 1 atom stereocenters. The van der Waals surface area contributed by atoms with Gasteiger partial charge in [-0.2, -0.15) is 5.10 Å². The highest BCUT2D eigenvalue weighted by molar-refractivity contribution is 5.19. The molecule has 1 aromatic rings. The number of aromatic nitrogens is 2. The van der Waals surface area contributed by atoms with Gasteiger partial charge in [0.2, 0.25) is 0 Å². The summed E-state index contributed by atoms with van der Waals surface area (Å²) in [6.07, 6.45) is 3.77. The average molecular weight is 211 g/mol. The molecule has 0 aliphatic carbocycles. The second-order valence-electron chi connectivity index (χ2n) is 4.77. The zero-order valence-corrected chi connectivity index (χ0v) is 9.77. The van der Waals surface area contributed by atoms with Gasteiger partial charge in [0, 0.05) is 24.7 Å². The molecule has 0 aliphatic heterocycles. The maximum atomic E-state index is 9.31. The molecule has 1 unspecified atom stereocenters. The van der Waals surface area contributed by atoms with E-state index in [0.717, 1.165) is 12.1 Å². The second-order valence-corrected chi connectivity index (χ2v) is 4.77. The van der Waals surface area contributed by atoms with Crippen molar-refractivity contribution in [2.45, 2.75) is 32.7 Å². The predicted molar refractivity (Wildman–Crippen MR) is 60.6 cm³/mol. The summed E-state index contributed by atoms with van der Waals surface area (Å²) in [6, 6.07) is 0. The minimum absolute atomic E-state index is 0.0525. The van der Waals surface area contributed by atoms with Gasteiger partial charge in [0.15, 0.2) is 0 Å². The summed E-state index contributed by atoms with van der Waals surface area (Å²) in [5, 5.41) is 13.6. The first-order valence-corrected chi connectivity index (χ1v) is 5.35. The molecule has 1 aromatic heterocycles. The fourth-order valence-corrected chi connectivity index (χ4v) is 1.42. The SMILES string of the molecule is CC(C)Cn1cc(C(C)(CN)CO)cn1. The van der Waals surface area contributed by atoms with E-state index in [4.69, 9.17) is 5.73 Å². The van der Waals surface area contributed by atoms with E-state index in [1.54, 1.807) is 6.20 Å². The van der Waals surface area contributed by atoms with Gasteiger partial charge in [-0.1, -0.05) is 20.8 Å². The molecule has 0 saturated carbocycles. The fourth-order valence-electron chi connectivity index (χ4n) is 1.42. The summed E-state index contributed by atoms with van der Waals surface area (Å²) < 4.78 is 1.91. The number of rotatable bonds is 5. The standard InChI is InChI=1S/C11H21N3O/c1-9(2)5-14-6-10(4-13-14)11(3,7-12)8-15/h4,6,9,15H,5,7-8,12H2,1-3H3. The molecule has 0 aromatic carbocycles. The van der Waals surface area contributed by atoms with Gasteiger partial charge in [0.05, 0.1) is 12.8 Å². The third-order valence-corrected chi connectivity index (χ3v) is 2.68. The molecule has 0 saturated heterocycles. The number of aliphatic hydroxyl groups is 1. The van der Waals surface area contributed by atoms with Crippen molar-refractivity contribution >= 4 is 0 Å². The van der Waals surface area contributed by atoms with Crippen molar-refractivity contribution in [3.8, 4) is 0 Å². The maximum Gasteiger partial charge on any atom is 0.0538 e. The molecule has 0 fully saturated rings. The van der Waals surface area contributed by atoms with E-state index in [2.05, 4.69) is 18.9 Å². The molecule has 3 N–H and O–H groups in total. The largest absolute Gasteiger partial charge is 0.395 e.